The Morgan fingerprint density at radius 3 is 2.38 bits per heavy atom. The van der Waals surface area contributed by atoms with Crippen molar-refractivity contribution in [3.8, 4) is 22.4 Å². The monoisotopic (exact) mass is 449 g/mol. The van der Waals surface area contributed by atoms with Crippen molar-refractivity contribution in [2.24, 2.45) is 7.05 Å². The molecule has 0 saturated carbocycles. The first kappa shape index (κ1) is 21.9. The van der Waals surface area contributed by atoms with E-state index in [1.807, 2.05) is 88.0 Å². The van der Waals surface area contributed by atoms with Crippen LogP contribution in [0.5, 0.6) is 0 Å². The molecular weight excluding hydrogens is 423 g/mol. The Hall–Kier alpha value is -3.97. The van der Waals surface area contributed by atoms with Crippen molar-refractivity contribution in [1.82, 2.24) is 0 Å². The highest BCUT2D eigenvalue weighted by Gasteiger charge is 2.28. The Morgan fingerprint density at radius 2 is 1.71 bits per heavy atom. The minimum Gasteiger partial charge on any atom is -0.466 e. The zero-order chi connectivity index (χ0) is 24.2. The summed E-state index contributed by atoms with van der Waals surface area (Å²) in [5.74, 6) is -0.236. The third-order valence-corrected chi connectivity index (χ3v) is 6.47. The van der Waals surface area contributed by atoms with Crippen LogP contribution >= 0.6 is 0 Å². The molecule has 0 N–H and O–H groups in total. The summed E-state index contributed by atoms with van der Waals surface area (Å²) in [5.41, 5.74) is 6.67. The summed E-state index contributed by atoms with van der Waals surface area (Å²) in [4.78, 5) is 3.71. The number of rotatable bonds is 2. The highest BCUT2D eigenvalue weighted by atomic mass is 19.1. The van der Waals surface area contributed by atoms with Gasteiger partial charge in [0.1, 0.15) is 24.0 Å². The highest BCUT2D eigenvalue weighted by molar-refractivity contribution is 6.18. The van der Waals surface area contributed by atoms with E-state index in [0.29, 0.717) is 22.4 Å². The number of aryl methyl sites for hydroxylation is 2. The SMILES string of the molecule is [C-]#[N+]c1ccc(-c2ccccc2)c2c1oc1c(-c3cc(F)c(C(C)(C)C)c[n+]3C)c(C)ccc12. The van der Waals surface area contributed by atoms with Gasteiger partial charge in [0.05, 0.1) is 17.7 Å². The summed E-state index contributed by atoms with van der Waals surface area (Å²) in [6, 6.07) is 19.6. The maximum absolute atomic E-state index is 15.3. The number of furan rings is 1. The molecule has 0 aliphatic carbocycles. The summed E-state index contributed by atoms with van der Waals surface area (Å²) in [6.45, 7) is 15.7. The molecule has 2 aromatic heterocycles. The molecule has 3 aromatic carbocycles. The second kappa shape index (κ2) is 7.81. The molecule has 3 nitrogen and oxygen atoms in total. The molecule has 168 valence electrons. The van der Waals surface area contributed by atoms with Gasteiger partial charge in [-0.05, 0) is 29.0 Å². The van der Waals surface area contributed by atoms with E-state index in [-0.39, 0.29) is 11.2 Å². The zero-order valence-corrected chi connectivity index (χ0v) is 20.0. The van der Waals surface area contributed by atoms with E-state index in [4.69, 9.17) is 11.0 Å². The van der Waals surface area contributed by atoms with Crippen LogP contribution in [0.1, 0.15) is 31.9 Å². The predicted octanol–water partition coefficient (Wildman–Crippen LogP) is 8.04. The number of benzene rings is 3. The summed E-state index contributed by atoms with van der Waals surface area (Å²) in [5, 5.41) is 1.82. The average molecular weight is 450 g/mol. The maximum atomic E-state index is 15.3. The number of aromatic nitrogens is 1. The highest BCUT2D eigenvalue weighted by Crippen LogP contribution is 2.44. The fourth-order valence-electron chi connectivity index (χ4n) is 4.72. The molecule has 5 rings (SSSR count). The first-order valence-electron chi connectivity index (χ1n) is 11.3. The van der Waals surface area contributed by atoms with E-state index >= 15 is 4.39 Å². The predicted molar refractivity (Wildman–Crippen MR) is 135 cm³/mol. The van der Waals surface area contributed by atoms with E-state index in [2.05, 4.69) is 17.0 Å². The topological polar surface area (TPSA) is 21.4 Å². The van der Waals surface area contributed by atoms with E-state index in [0.717, 1.165) is 38.7 Å². The van der Waals surface area contributed by atoms with Gasteiger partial charge in [-0.1, -0.05) is 75.4 Å². The van der Waals surface area contributed by atoms with Crippen molar-refractivity contribution in [2.45, 2.75) is 33.1 Å². The lowest BCUT2D eigenvalue weighted by Crippen LogP contribution is -2.34. The standard InChI is InChI=1S/C30H26FN2O/c1-18-12-13-21-27-20(19-10-8-7-9-11-19)14-15-24(32-5)29(27)34-28(21)26(18)25-16-23(31)22(17-33(25)6)30(2,3)4/h7-17H,1-4,6H3/q+1. The van der Waals surface area contributed by atoms with Gasteiger partial charge in [0.2, 0.25) is 11.4 Å². The van der Waals surface area contributed by atoms with Crippen molar-refractivity contribution < 1.29 is 13.4 Å². The fourth-order valence-corrected chi connectivity index (χ4v) is 4.72. The lowest BCUT2D eigenvalue weighted by atomic mass is 9.87. The van der Waals surface area contributed by atoms with Gasteiger partial charge < -0.3 is 4.42 Å². The van der Waals surface area contributed by atoms with Gasteiger partial charge in [-0.2, -0.15) is 0 Å². The number of halogens is 1. The van der Waals surface area contributed by atoms with Crippen LogP contribution in [-0.2, 0) is 12.5 Å². The molecule has 4 heteroatoms. The van der Waals surface area contributed by atoms with Crippen LogP contribution in [0, 0.1) is 19.3 Å². The van der Waals surface area contributed by atoms with Gasteiger partial charge in [-0.25, -0.2) is 13.8 Å². The zero-order valence-electron chi connectivity index (χ0n) is 20.0. The number of fused-ring (bicyclic) bond motifs is 3. The van der Waals surface area contributed by atoms with Crippen LogP contribution in [0.15, 0.2) is 71.3 Å². The average Bonchev–Trinajstić information content (AvgIpc) is 3.19. The van der Waals surface area contributed by atoms with Gasteiger partial charge >= 0.3 is 0 Å². The molecule has 0 saturated heterocycles. The van der Waals surface area contributed by atoms with Gasteiger partial charge in [-0.15, -0.1) is 0 Å². The molecule has 0 amide bonds. The lowest BCUT2D eigenvalue weighted by Gasteiger charge is -2.18. The van der Waals surface area contributed by atoms with Gasteiger partial charge in [-0.3, -0.25) is 0 Å². The number of pyridine rings is 1. The minimum atomic E-state index is -0.310. The Labute approximate surface area is 198 Å². The smallest absolute Gasteiger partial charge is 0.229 e. The largest absolute Gasteiger partial charge is 0.466 e. The molecule has 0 radical (unpaired) electrons. The van der Waals surface area contributed by atoms with Crippen molar-refractivity contribution in [1.29, 1.82) is 0 Å². The normalized spacial score (nSPS) is 11.8. The Morgan fingerprint density at radius 1 is 0.971 bits per heavy atom. The summed E-state index contributed by atoms with van der Waals surface area (Å²) in [7, 11) is 1.94. The van der Waals surface area contributed by atoms with Crippen molar-refractivity contribution >= 4 is 27.6 Å². The van der Waals surface area contributed by atoms with E-state index < -0.39 is 0 Å². The Bertz CT molecular complexity index is 1620. The van der Waals surface area contributed by atoms with Crippen LogP contribution in [0.25, 0.3) is 49.2 Å². The van der Waals surface area contributed by atoms with E-state index in [1.54, 1.807) is 6.07 Å². The van der Waals surface area contributed by atoms with Crippen molar-refractivity contribution in [2.75, 3.05) is 0 Å². The molecule has 34 heavy (non-hydrogen) atoms. The molecule has 0 unspecified atom stereocenters. The molecule has 0 bridgehead atoms. The van der Waals surface area contributed by atoms with Crippen LogP contribution in [0.2, 0.25) is 0 Å². The van der Waals surface area contributed by atoms with Crippen molar-refractivity contribution in [3.63, 3.8) is 0 Å². The third kappa shape index (κ3) is 3.36. The van der Waals surface area contributed by atoms with E-state index in [1.165, 1.54) is 0 Å². The Balaban J connectivity index is 1.89. The number of hydrogen-bond acceptors (Lipinski definition) is 1. The molecule has 0 fully saturated rings. The number of hydrogen-bond donors (Lipinski definition) is 0. The maximum Gasteiger partial charge on any atom is 0.229 e. The molecule has 0 aliphatic heterocycles. The molecular formula is C30H26FN2O+. The first-order valence-corrected chi connectivity index (χ1v) is 11.3. The molecule has 2 heterocycles. The molecule has 0 aliphatic rings. The summed E-state index contributed by atoms with van der Waals surface area (Å²) >= 11 is 0. The summed E-state index contributed by atoms with van der Waals surface area (Å²) in [6.07, 6.45) is 1.87. The Kier molecular flexibility index (Phi) is 5.02. The van der Waals surface area contributed by atoms with Crippen LogP contribution in [-0.4, -0.2) is 0 Å². The van der Waals surface area contributed by atoms with Gasteiger partial charge in [0.15, 0.2) is 6.20 Å². The first-order chi connectivity index (χ1) is 16.2. The quantitative estimate of drug-likeness (QED) is 0.197. The second-order valence-electron chi connectivity index (χ2n) is 9.83. The van der Waals surface area contributed by atoms with Crippen LogP contribution in [0.3, 0.4) is 0 Å². The molecule has 0 atom stereocenters. The summed E-state index contributed by atoms with van der Waals surface area (Å²) < 4.78 is 23.7. The second-order valence-corrected chi connectivity index (χ2v) is 9.83. The van der Waals surface area contributed by atoms with Crippen LogP contribution < -0.4 is 4.57 Å². The van der Waals surface area contributed by atoms with E-state index in [9.17, 15) is 0 Å². The molecule has 5 aromatic rings. The lowest BCUT2D eigenvalue weighted by molar-refractivity contribution is -0.661. The number of nitrogens with zero attached hydrogens (tertiary/aromatic N) is 2. The fraction of sp³-hybridized carbons (Fsp3) is 0.200. The van der Waals surface area contributed by atoms with Crippen molar-refractivity contribution in [3.05, 3.63) is 95.2 Å². The molecule has 0 spiro atoms. The van der Waals surface area contributed by atoms with Gasteiger partial charge in [0.25, 0.3) is 0 Å². The van der Waals surface area contributed by atoms with Crippen LogP contribution in [0.4, 0.5) is 10.1 Å². The van der Waals surface area contributed by atoms with Gasteiger partial charge in [0, 0.05) is 16.8 Å². The third-order valence-electron chi connectivity index (χ3n) is 6.47. The minimum absolute atomic E-state index is 0.236.